The number of carbonyl (C=O) groups is 1. The van der Waals surface area contributed by atoms with E-state index < -0.39 is 5.97 Å². The number of rotatable bonds is 9. The Hall–Kier alpha value is -1.51. The lowest BCUT2D eigenvalue weighted by Gasteiger charge is -2.06. The third-order valence-electron chi connectivity index (χ3n) is 2.79. The van der Waals surface area contributed by atoms with Crippen molar-refractivity contribution in [3.63, 3.8) is 0 Å². The van der Waals surface area contributed by atoms with Gasteiger partial charge in [-0.1, -0.05) is 31.4 Å². The molecule has 0 amide bonds. The van der Waals surface area contributed by atoms with Crippen LogP contribution in [0.4, 0.5) is 0 Å². The minimum Gasteiger partial charge on any atom is -0.494 e. The van der Waals surface area contributed by atoms with Gasteiger partial charge in [0.1, 0.15) is 5.75 Å². The summed E-state index contributed by atoms with van der Waals surface area (Å²) < 4.78 is 5.64. The van der Waals surface area contributed by atoms with Crippen LogP contribution in [-0.2, 0) is 4.79 Å². The first-order valence-electron chi connectivity index (χ1n) is 6.60. The lowest BCUT2D eigenvalue weighted by molar-refractivity contribution is -0.137. The summed E-state index contributed by atoms with van der Waals surface area (Å²) >= 11 is 0. The summed E-state index contributed by atoms with van der Waals surface area (Å²) in [5.41, 5.74) is 1.21. The molecule has 0 fully saturated rings. The van der Waals surface area contributed by atoms with Crippen molar-refractivity contribution in [3.05, 3.63) is 29.8 Å². The summed E-state index contributed by atoms with van der Waals surface area (Å²) in [5, 5.41) is 8.48. The van der Waals surface area contributed by atoms with Gasteiger partial charge < -0.3 is 9.84 Å². The van der Waals surface area contributed by atoms with Crippen molar-refractivity contribution in [2.45, 2.75) is 45.4 Å². The summed E-state index contributed by atoms with van der Waals surface area (Å²) in [6.07, 6.45) is 5.29. The molecule has 0 heterocycles. The van der Waals surface area contributed by atoms with Gasteiger partial charge in [0.25, 0.3) is 0 Å². The Morgan fingerprint density at radius 1 is 1.17 bits per heavy atom. The van der Waals surface area contributed by atoms with E-state index in [0.717, 1.165) is 44.5 Å². The molecule has 3 heteroatoms. The lowest BCUT2D eigenvalue weighted by atomic mass is 10.1. The van der Waals surface area contributed by atoms with Crippen LogP contribution >= 0.6 is 0 Å². The Morgan fingerprint density at radius 2 is 1.89 bits per heavy atom. The zero-order valence-electron chi connectivity index (χ0n) is 11.0. The van der Waals surface area contributed by atoms with Crippen LogP contribution < -0.4 is 4.74 Å². The zero-order valence-corrected chi connectivity index (χ0v) is 11.0. The molecule has 1 aromatic carbocycles. The summed E-state index contributed by atoms with van der Waals surface area (Å²) in [7, 11) is 0. The predicted molar refractivity (Wildman–Crippen MR) is 72.0 cm³/mol. The molecule has 0 spiro atoms. The second kappa shape index (κ2) is 8.56. The van der Waals surface area contributed by atoms with Crippen LogP contribution in [0.5, 0.6) is 5.75 Å². The highest BCUT2D eigenvalue weighted by molar-refractivity contribution is 5.66. The number of hydrogen-bond acceptors (Lipinski definition) is 2. The van der Waals surface area contributed by atoms with Gasteiger partial charge in [-0.15, -0.1) is 0 Å². The summed E-state index contributed by atoms with van der Waals surface area (Å²) in [4.78, 5) is 10.3. The van der Waals surface area contributed by atoms with Gasteiger partial charge in [-0.25, -0.2) is 0 Å². The van der Waals surface area contributed by atoms with Crippen molar-refractivity contribution < 1.29 is 14.6 Å². The Balaban J connectivity index is 1.97. The molecule has 0 radical (unpaired) electrons. The van der Waals surface area contributed by atoms with Crippen LogP contribution in [0.15, 0.2) is 24.3 Å². The maximum atomic E-state index is 10.3. The molecule has 0 bridgehead atoms. The van der Waals surface area contributed by atoms with E-state index in [9.17, 15) is 4.79 Å². The second-order valence-corrected chi connectivity index (χ2v) is 4.58. The molecule has 1 aromatic rings. The number of ether oxygens (including phenoxy) is 1. The lowest BCUT2D eigenvalue weighted by Crippen LogP contribution is -1.98. The fourth-order valence-electron chi connectivity index (χ4n) is 1.80. The van der Waals surface area contributed by atoms with Crippen LogP contribution in [0.25, 0.3) is 0 Å². The van der Waals surface area contributed by atoms with Crippen molar-refractivity contribution in [1.82, 2.24) is 0 Å². The monoisotopic (exact) mass is 250 g/mol. The quantitative estimate of drug-likeness (QED) is 0.678. The maximum absolute atomic E-state index is 10.3. The molecule has 0 aliphatic heterocycles. The number of aryl methyl sites for hydroxylation is 1. The first-order chi connectivity index (χ1) is 8.68. The standard InChI is InChI=1S/C15H22O3/c1-13-8-7-9-14(12-13)18-11-6-4-2-3-5-10-15(16)17/h7-9,12H,2-6,10-11H2,1H3,(H,16,17). The third kappa shape index (κ3) is 6.94. The fraction of sp³-hybridized carbons (Fsp3) is 0.533. The van der Waals surface area contributed by atoms with E-state index in [1.54, 1.807) is 0 Å². The first-order valence-corrected chi connectivity index (χ1v) is 6.60. The van der Waals surface area contributed by atoms with E-state index in [4.69, 9.17) is 9.84 Å². The van der Waals surface area contributed by atoms with Crippen LogP contribution in [0.2, 0.25) is 0 Å². The van der Waals surface area contributed by atoms with E-state index in [2.05, 4.69) is 13.0 Å². The molecule has 0 aliphatic carbocycles. The van der Waals surface area contributed by atoms with Gasteiger partial charge in [0, 0.05) is 6.42 Å². The Bertz CT molecular complexity index is 361. The highest BCUT2D eigenvalue weighted by atomic mass is 16.5. The van der Waals surface area contributed by atoms with Crippen LogP contribution in [0.1, 0.15) is 44.1 Å². The first kappa shape index (κ1) is 14.6. The van der Waals surface area contributed by atoms with E-state index in [-0.39, 0.29) is 0 Å². The zero-order chi connectivity index (χ0) is 13.2. The summed E-state index contributed by atoms with van der Waals surface area (Å²) in [6.45, 7) is 2.79. The number of carboxylic acids is 1. The van der Waals surface area contributed by atoms with Crippen molar-refractivity contribution in [2.24, 2.45) is 0 Å². The average Bonchev–Trinajstić information content (AvgIpc) is 2.32. The minimum absolute atomic E-state index is 0.291. The van der Waals surface area contributed by atoms with Gasteiger partial charge in [0.2, 0.25) is 0 Å². The smallest absolute Gasteiger partial charge is 0.303 e. The largest absolute Gasteiger partial charge is 0.494 e. The number of aliphatic carboxylic acids is 1. The van der Waals surface area contributed by atoms with Gasteiger partial charge in [0.05, 0.1) is 6.61 Å². The number of benzene rings is 1. The summed E-state index contributed by atoms with van der Waals surface area (Å²) in [5.74, 6) is 0.235. The highest BCUT2D eigenvalue weighted by Gasteiger charge is 1.97. The van der Waals surface area contributed by atoms with Crippen LogP contribution in [-0.4, -0.2) is 17.7 Å². The Kier molecular flexibility index (Phi) is 6.92. The number of carboxylic acid groups (broad SMARTS) is 1. The topological polar surface area (TPSA) is 46.5 Å². The van der Waals surface area contributed by atoms with Crippen LogP contribution in [0, 0.1) is 6.92 Å². The molecule has 0 saturated heterocycles. The predicted octanol–water partition coefficient (Wildman–Crippen LogP) is 3.80. The molecule has 0 atom stereocenters. The molecule has 3 nitrogen and oxygen atoms in total. The van der Waals surface area contributed by atoms with E-state index in [1.807, 2.05) is 18.2 Å². The van der Waals surface area contributed by atoms with Crippen molar-refractivity contribution in [1.29, 1.82) is 0 Å². The van der Waals surface area contributed by atoms with Gasteiger partial charge >= 0.3 is 5.97 Å². The molecule has 0 saturated carbocycles. The normalized spacial score (nSPS) is 10.3. The van der Waals surface area contributed by atoms with Gasteiger partial charge in [-0.3, -0.25) is 4.79 Å². The third-order valence-corrected chi connectivity index (χ3v) is 2.79. The van der Waals surface area contributed by atoms with Gasteiger partial charge in [-0.05, 0) is 37.5 Å². The van der Waals surface area contributed by atoms with Crippen LogP contribution in [0.3, 0.4) is 0 Å². The number of unbranched alkanes of at least 4 members (excludes halogenated alkanes) is 4. The Labute approximate surface area is 109 Å². The van der Waals surface area contributed by atoms with Gasteiger partial charge in [-0.2, -0.15) is 0 Å². The molecular formula is C15H22O3. The SMILES string of the molecule is Cc1cccc(OCCCCCCCC(=O)O)c1. The molecule has 0 unspecified atom stereocenters. The molecule has 100 valence electrons. The fourth-order valence-corrected chi connectivity index (χ4v) is 1.80. The van der Waals surface area contributed by atoms with Crippen molar-refractivity contribution in [3.8, 4) is 5.75 Å². The average molecular weight is 250 g/mol. The minimum atomic E-state index is -0.696. The van der Waals surface area contributed by atoms with Gasteiger partial charge in [0.15, 0.2) is 0 Å². The summed E-state index contributed by atoms with van der Waals surface area (Å²) in [6, 6.07) is 8.05. The molecule has 0 aliphatic rings. The molecule has 1 rings (SSSR count). The molecular weight excluding hydrogens is 228 g/mol. The van der Waals surface area contributed by atoms with Crippen molar-refractivity contribution >= 4 is 5.97 Å². The highest BCUT2D eigenvalue weighted by Crippen LogP contribution is 2.13. The van der Waals surface area contributed by atoms with E-state index in [1.165, 1.54) is 5.56 Å². The molecule has 1 N–H and O–H groups in total. The molecule has 0 aromatic heterocycles. The second-order valence-electron chi connectivity index (χ2n) is 4.58. The van der Waals surface area contributed by atoms with Crippen molar-refractivity contribution in [2.75, 3.05) is 6.61 Å². The van der Waals surface area contributed by atoms with E-state index >= 15 is 0 Å². The maximum Gasteiger partial charge on any atom is 0.303 e. The van der Waals surface area contributed by atoms with E-state index in [0.29, 0.717) is 6.42 Å². The molecule has 18 heavy (non-hydrogen) atoms. The number of hydrogen-bond donors (Lipinski definition) is 1. The Morgan fingerprint density at radius 3 is 2.61 bits per heavy atom.